The molecule has 1 aliphatic heterocycles. The Morgan fingerprint density at radius 2 is 1.89 bits per heavy atom. The number of benzene rings is 1. The smallest absolute Gasteiger partial charge is 0.243 e. The van der Waals surface area contributed by atoms with Gasteiger partial charge in [-0.25, -0.2) is 9.97 Å². The van der Waals surface area contributed by atoms with Gasteiger partial charge in [0.1, 0.15) is 29.1 Å². The minimum absolute atomic E-state index is 0.123. The Hall–Kier alpha value is -4.12. The summed E-state index contributed by atoms with van der Waals surface area (Å²) < 4.78 is 6.63. The quantitative estimate of drug-likeness (QED) is 0.306. The number of hydrogen-bond donors (Lipinski definition) is 2. The number of Topliss-reactive ketones (excluding diaryl/α,β-unsaturated/α-hetero) is 1. The van der Waals surface area contributed by atoms with E-state index in [0.717, 1.165) is 10.9 Å². The summed E-state index contributed by atoms with van der Waals surface area (Å²) in [6.07, 6.45) is 1.96. The predicted molar refractivity (Wildman–Crippen MR) is 175 cm³/mol. The van der Waals surface area contributed by atoms with Crippen molar-refractivity contribution in [3.05, 3.63) is 47.9 Å². The minimum Gasteiger partial charge on any atom is -0.488 e. The predicted octanol–water partition coefficient (Wildman–Crippen LogP) is 5.31. The van der Waals surface area contributed by atoms with Crippen LogP contribution in [0.1, 0.15) is 59.9 Å². The van der Waals surface area contributed by atoms with Crippen molar-refractivity contribution in [2.45, 2.75) is 79.0 Å². The van der Waals surface area contributed by atoms with Gasteiger partial charge < -0.3 is 20.3 Å². The third-order valence-corrected chi connectivity index (χ3v) is 9.82. The molecule has 1 saturated carbocycles. The lowest BCUT2D eigenvalue weighted by Gasteiger charge is -2.33. The number of pyridine rings is 1. The fraction of sp³-hybridized carbons (Fsp3) is 0.471. The van der Waals surface area contributed by atoms with Crippen molar-refractivity contribution in [1.29, 1.82) is 0 Å². The molecule has 5 atom stereocenters. The van der Waals surface area contributed by atoms with Crippen LogP contribution in [-0.4, -0.2) is 62.6 Å². The van der Waals surface area contributed by atoms with Crippen LogP contribution in [0.25, 0.3) is 22.3 Å². The molecule has 0 spiro atoms. The van der Waals surface area contributed by atoms with Gasteiger partial charge in [-0.2, -0.15) is 0 Å². The fourth-order valence-corrected chi connectivity index (χ4v) is 6.57. The number of aryl methyl sites for hydroxylation is 1. The first-order valence-electron chi connectivity index (χ1n) is 15.2. The van der Waals surface area contributed by atoms with Gasteiger partial charge in [0.2, 0.25) is 17.7 Å². The number of amides is 3. The number of anilines is 1. The van der Waals surface area contributed by atoms with Crippen molar-refractivity contribution in [3.63, 3.8) is 0 Å². The topological polar surface area (TPSA) is 131 Å². The van der Waals surface area contributed by atoms with Crippen LogP contribution in [0, 0.1) is 24.2 Å². The lowest BCUT2D eigenvalue weighted by Crippen LogP contribution is -2.53. The van der Waals surface area contributed by atoms with E-state index in [4.69, 9.17) is 9.72 Å². The highest BCUT2D eigenvalue weighted by atomic mass is 32.1. The Morgan fingerprint density at radius 1 is 1.16 bits per heavy atom. The second-order valence-electron chi connectivity index (χ2n) is 13.4. The summed E-state index contributed by atoms with van der Waals surface area (Å²) in [7, 11) is 0. The molecule has 0 unspecified atom stereocenters. The molecule has 2 N–H and O–H groups in total. The number of rotatable bonds is 9. The van der Waals surface area contributed by atoms with Gasteiger partial charge in [-0.15, -0.1) is 17.9 Å². The monoisotopic (exact) mass is 631 g/mol. The molecule has 10 nitrogen and oxygen atoms in total. The molecular weight excluding hydrogens is 590 g/mol. The molecule has 2 fully saturated rings. The summed E-state index contributed by atoms with van der Waals surface area (Å²) in [4.78, 5) is 62.8. The molecule has 11 heteroatoms. The largest absolute Gasteiger partial charge is 0.488 e. The highest BCUT2D eigenvalue weighted by Gasteiger charge is 2.58. The van der Waals surface area contributed by atoms with Crippen LogP contribution in [0.4, 0.5) is 5.13 Å². The standard InChI is InChI=1S/C34H41N5O5S/c1-9-22-15-34(22,20(4)40)38-30(42)28-13-23(16-39(28)31(43)19(3)33(6,7)8)44-29-14-26(27-17-45-32(37-27)35-21(5)41)36-25-12-18(2)10-11-24(25)29/h9-12,14,17,19,22-23,28H,1,13,15-16H2,2-8H3,(H,38,42)(H,35,37,41)/t19-,22+,23-,28+,34+/m1/s1. The maximum absolute atomic E-state index is 13.9. The number of aromatic nitrogens is 2. The van der Waals surface area contributed by atoms with Gasteiger partial charge in [0.15, 0.2) is 10.9 Å². The van der Waals surface area contributed by atoms with Gasteiger partial charge in [0.25, 0.3) is 0 Å². The van der Waals surface area contributed by atoms with Gasteiger partial charge in [0, 0.05) is 42.0 Å². The third-order valence-electron chi connectivity index (χ3n) is 9.06. The lowest BCUT2D eigenvalue weighted by atomic mass is 9.81. The molecule has 1 aromatic carbocycles. The van der Waals surface area contributed by atoms with Crippen molar-refractivity contribution in [2.75, 3.05) is 11.9 Å². The van der Waals surface area contributed by atoms with Crippen molar-refractivity contribution < 1.29 is 23.9 Å². The summed E-state index contributed by atoms with van der Waals surface area (Å²) in [6, 6.07) is 6.90. The maximum atomic E-state index is 13.9. The number of nitrogens with zero attached hydrogens (tertiary/aromatic N) is 3. The number of carbonyl (C=O) groups is 4. The highest BCUT2D eigenvalue weighted by molar-refractivity contribution is 7.14. The van der Waals surface area contributed by atoms with Gasteiger partial charge >= 0.3 is 0 Å². The van der Waals surface area contributed by atoms with Crippen LogP contribution in [0.5, 0.6) is 5.75 Å². The van der Waals surface area contributed by atoms with E-state index in [1.165, 1.54) is 25.2 Å². The molecule has 238 valence electrons. The summed E-state index contributed by atoms with van der Waals surface area (Å²) >= 11 is 1.30. The zero-order valence-corrected chi connectivity index (χ0v) is 27.7. The van der Waals surface area contributed by atoms with Crippen molar-refractivity contribution in [1.82, 2.24) is 20.2 Å². The number of fused-ring (bicyclic) bond motifs is 1. The number of ether oxygens (including phenoxy) is 1. The molecule has 3 aromatic rings. The Balaban J connectivity index is 1.47. The summed E-state index contributed by atoms with van der Waals surface area (Å²) in [5.41, 5.74) is 1.61. The third kappa shape index (κ3) is 6.49. The molecule has 1 aliphatic carbocycles. The molecule has 45 heavy (non-hydrogen) atoms. The molecule has 3 amide bonds. The number of thiazole rings is 1. The molecule has 0 bridgehead atoms. The number of nitrogens with one attached hydrogen (secondary N) is 2. The maximum Gasteiger partial charge on any atom is 0.243 e. The van der Waals surface area contributed by atoms with E-state index < -0.39 is 17.7 Å². The first-order valence-corrected chi connectivity index (χ1v) is 16.1. The van der Waals surface area contributed by atoms with E-state index in [-0.39, 0.29) is 53.7 Å². The van der Waals surface area contributed by atoms with E-state index in [0.29, 0.717) is 34.2 Å². The first kappa shape index (κ1) is 32.3. The molecular formula is C34H41N5O5S. The van der Waals surface area contributed by atoms with Gasteiger partial charge in [-0.3, -0.25) is 19.2 Å². The van der Waals surface area contributed by atoms with E-state index in [1.807, 2.05) is 64.3 Å². The summed E-state index contributed by atoms with van der Waals surface area (Å²) in [6.45, 7) is 16.8. The normalized spacial score (nSPS) is 23.4. The molecule has 3 heterocycles. The highest BCUT2D eigenvalue weighted by Crippen LogP contribution is 2.45. The molecule has 2 aliphatic rings. The van der Waals surface area contributed by atoms with Crippen molar-refractivity contribution in [3.8, 4) is 17.1 Å². The number of carbonyl (C=O) groups excluding carboxylic acids is 4. The summed E-state index contributed by atoms with van der Waals surface area (Å²) in [5.74, 6) is -0.758. The van der Waals surface area contributed by atoms with Crippen LogP contribution in [0.2, 0.25) is 0 Å². The average Bonchev–Trinajstić information content (AvgIpc) is 3.25. The van der Waals surface area contributed by atoms with E-state index in [2.05, 4.69) is 22.2 Å². The van der Waals surface area contributed by atoms with Crippen LogP contribution in [0.15, 0.2) is 42.3 Å². The van der Waals surface area contributed by atoms with Gasteiger partial charge in [-0.05, 0) is 43.4 Å². The summed E-state index contributed by atoms with van der Waals surface area (Å²) in [5, 5.41) is 8.77. The number of hydrogen-bond acceptors (Lipinski definition) is 8. The van der Waals surface area contributed by atoms with E-state index in [9.17, 15) is 19.2 Å². The molecule has 5 rings (SSSR count). The zero-order valence-electron chi connectivity index (χ0n) is 26.9. The van der Waals surface area contributed by atoms with Crippen LogP contribution >= 0.6 is 11.3 Å². The van der Waals surface area contributed by atoms with E-state index >= 15 is 0 Å². The number of likely N-dealkylation sites (tertiary alicyclic amines) is 1. The van der Waals surface area contributed by atoms with Crippen LogP contribution < -0.4 is 15.4 Å². The van der Waals surface area contributed by atoms with Gasteiger partial charge in [0.05, 0.1) is 17.8 Å². The first-order chi connectivity index (χ1) is 21.1. The van der Waals surface area contributed by atoms with E-state index in [1.54, 1.807) is 11.0 Å². The number of ketones is 1. The molecule has 0 radical (unpaired) electrons. The zero-order chi connectivity index (χ0) is 32.8. The SMILES string of the molecule is C=C[C@H]1C[C@]1(NC(=O)[C@@H]1C[C@@H](Oc2cc(-c3csc(NC(C)=O)n3)nc3cc(C)ccc23)CN1C(=O)[C@@H](C)C(C)(C)C)C(C)=O. The lowest BCUT2D eigenvalue weighted by molar-refractivity contribution is -0.144. The second kappa shape index (κ2) is 12.0. The Bertz CT molecular complexity index is 1690. The Morgan fingerprint density at radius 3 is 2.51 bits per heavy atom. The van der Waals surface area contributed by atoms with Crippen LogP contribution in [-0.2, 0) is 19.2 Å². The van der Waals surface area contributed by atoms with Crippen molar-refractivity contribution >= 4 is 50.9 Å². The molecule has 1 saturated heterocycles. The Labute approximate surface area is 267 Å². The fourth-order valence-electron chi connectivity index (χ4n) is 5.82. The Kier molecular flexibility index (Phi) is 8.61. The van der Waals surface area contributed by atoms with Gasteiger partial charge in [-0.1, -0.05) is 39.8 Å². The molecule has 2 aromatic heterocycles. The average molecular weight is 632 g/mol. The second-order valence-corrected chi connectivity index (χ2v) is 14.2. The minimum atomic E-state index is -0.972. The van der Waals surface area contributed by atoms with Crippen molar-refractivity contribution in [2.24, 2.45) is 17.3 Å². The van der Waals surface area contributed by atoms with Crippen LogP contribution in [0.3, 0.4) is 0 Å².